The predicted octanol–water partition coefficient (Wildman–Crippen LogP) is 1.77. The van der Waals surface area contributed by atoms with Gasteiger partial charge in [0.25, 0.3) is 0 Å². The van der Waals surface area contributed by atoms with Crippen LogP contribution in [-0.4, -0.2) is 24.3 Å². The van der Waals surface area contributed by atoms with E-state index in [1.165, 1.54) is 4.88 Å². The molecule has 0 aromatic carbocycles. The molecule has 0 atom stereocenters. The van der Waals surface area contributed by atoms with E-state index >= 15 is 0 Å². The number of nitrogens with zero attached hydrogens (tertiary/aromatic N) is 1. The lowest BCUT2D eigenvalue weighted by Gasteiger charge is -2.13. The van der Waals surface area contributed by atoms with Gasteiger partial charge in [0.2, 0.25) is 0 Å². The van der Waals surface area contributed by atoms with Gasteiger partial charge < -0.3 is 5.73 Å². The molecule has 1 rings (SSSR count). The summed E-state index contributed by atoms with van der Waals surface area (Å²) in [6, 6.07) is 3.87. The monoisotopic (exact) mass is 217 g/mol. The van der Waals surface area contributed by atoms with Crippen molar-refractivity contribution in [1.82, 2.24) is 4.90 Å². The molecule has 0 saturated heterocycles. The first-order chi connectivity index (χ1) is 6.08. The fraction of sp³-hybridized carbons (Fsp3) is 0.375. The average Bonchev–Trinajstić information content (AvgIpc) is 2.33. The van der Waals surface area contributed by atoms with Crippen molar-refractivity contribution in [3.63, 3.8) is 0 Å². The van der Waals surface area contributed by atoms with Gasteiger partial charge in [-0.05, 0) is 19.2 Å². The Balaban J connectivity index is 2.44. The predicted molar refractivity (Wildman–Crippen MR) is 57.6 cm³/mol. The van der Waals surface area contributed by atoms with Crippen LogP contribution in [0.2, 0.25) is 4.34 Å². The van der Waals surface area contributed by atoms with Gasteiger partial charge >= 0.3 is 0 Å². The van der Waals surface area contributed by atoms with Crippen LogP contribution in [-0.2, 0) is 6.54 Å². The van der Waals surface area contributed by atoms with Crippen LogP contribution in [0.15, 0.2) is 12.1 Å². The smallest absolute Gasteiger partial charge is 0.105 e. The highest BCUT2D eigenvalue weighted by Crippen LogP contribution is 2.22. The molecule has 5 heteroatoms. The van der Waals surface area contributed by atoms with Crippen LogP contribution in [0.3, 0.4) is 0 Å². The Kier molecular flexibility index (Phi) is 3.71. The topological polar surface area (TPSA) is 53.1 Å². The first-order valence-corrected chi connectivity index (χ1v) is 5.03. The Bertz CT molecular complexity index is 297. The highest BCUT2D eigenvalue weighted by atomic mass is 35.5. The van der Waals surface area contributed by atoms with Gasteiger partial charge in [0.1, 0.15) is 5.84 Å². The number of nitrogens with two attached hydrogens (primary N) is 1. The van der Waals surface area contributed by atoms with Crippen LogP contribution in [0.1, 0.15) is 4.88 Å². The largest absolute Gasteiger partial charge is 0.387 e. The van der Waals surface area contributed by atoms with E-state index in [2.05, 4.69) is 0 Å². The Morgan fingerprint density at radius 1 is 1.69 bits per heavy atom. The molecule has 0 spiro atoms. The molecule has 1 aromatic rings. The number of hydrogen-bond acceptors (Lipinski definition) is 3. The van der Waals surface area contributed by atoms with Gasteiger partial charge in [-0.15, -0.1) is 11.3 Å². The van der Waals surface area contributed by atoms with E-state index < -0.39 is 0 Å². The summed E-state index contributed by atoms with van der Waals surface area (Å²) in [6.07, 6.45) is 0. The molecule has 0 aliphatic rings. The van der Waals surface area contributed by atoms with Crippen molar-refractivity contribution in [1.29, 1.82) is 5.41 Å². The minimum Gasteiger partial charge on any atom is -0.387 e. The van der Waals surface area contributed by atoms with Crippen molar-refractivity contribution < 1.29 is 0 Å². The van der Waals surface area contributed by atoms with E-state index in [9.17, 15) is 0 Å². The molecule has 1 heterocycles. The average molecular weight is 218 g/mol. The van der Waals surface area contributed by atoms with Crippen LogP contribution in [0.4, 0.5) is 0 Å². The normalized spacial score (nSPS) is 10.7. The zero-order valence-electron chi connectivity index (χ0n) is 7.38. The molecule has 0 unspecified atom stereocenters. The van der Waals surface area contributed by atoms with E-state index in [0.29, 0.717) is 6.54 Å². The number of rotatable bonds is 4. The van der Waals surface area contributed by atoms with Crippen LogP contribution in [0, 0.1) is 5.41 Å². The number of hydrogen-bond donors (Lipinski definition) is 2. The molecule has 3 N–H and O–H groups in total. The molecule has 0 saturated carbocycles. The Hall–Kier alpha value is -0.580. The first kappa shape index (κ1) is 10.5. The van der Waals surface area contributed by atoms with E-state index in [0.717, 1.165) is 10.9 Å². The maximum absolute atomic E-state index is 7.11. The van der Waals surface area contributed by atoms with E-state index in [1.54, 1.807) is 11.3 Å². The Labute approximate surface area is 86.6 Å². The highest BCUT2D eigenvalue weighted by molar-refractivity contribution is 7.16. The summed E-state index contributed by atoms with van der Waals surface area (Å²) in [4.78, 5) is 3.17. The third-order valence-corrected chi connectivity index (χ3v) is 2.71. The van der Waals surface area contributed by atoms with Crippen molar-refractivity contribution in [2.24, 2.45) is 5.73 Å². The van der Waals surface area contributed by atoms with Crippen molar-refractivity contribution in [3.05, 3.63) is 21.3 Å². The van der Waals surface area contributed by atoms with Gasteiger partial charge in [-0.25, -0.2) is 0 Å². The summed E-state index contributed by atoms with van der Waals surface area (Å²) in [5.74, 6) is 0.185. The fourth-order valence-corrected chi connectivity index (χ4v) is 2.22. The number of amidine groups is 1. The van der Waals surface area contributed by atoms with Crippen LogP contribution >= 0.6 is 22.9 Å². The summed E-state index contributed by atoms with van der Waals surface area (Å²) in [5.41, 5.74) is 5.27. The minimum atomic E-state index is 0.185. The Morgan fingerprint density at radius 3 is 2.85 bits per heavy atom. The second kappa shape index (κ2) is 4.60. The zero-order valence-corrected chi connectivity index (χ0v) is 8.95. The van der Waals surface area contributed by atoms with Gasteiger partial charge in [0, 0.05) is 11.4 Å². The molecular weight excluding hydrogens is 206 g/mol. The van der Waals surface area contributed by atoms with Gasteiger partial charge in [-0.3, -0.25) is 10.3 Å². The van der Waals surface area contributed by atoms with Crippen LogP contribution in [0.25, 0.3) is 0 Å². The molecule has 0 radical (unpaired) electrons. The van der Waals surface area contributed by atoms with Crippen molar-refractivity contribution in [3.8, 4) is 0 Å². The molecule has 72 valence electrons. The number of likely N-dealkylation sites (N-methyl/N-ethyl adjacent to an activating group) is 1. The SMILES string of the molecule is CN(CC(=N)N)Cc1ccc(Cl)s1. The third kappa shape index (κ3) is 3.76. The fourth-order valence-electron chi connectivity index (χ4n) is 1.05. The molecule has 0 aliphatic carbocycles. The lowest BCUT2D eigenvalue weighted by Crippen LogP contribution is -2.29. The Morgan fingerprint density at radius 2 is 2.38 bits per heavy atom. The van der Waals surface area contributed by atoms with E-state index in [-0.39, 0.29) is 5.84 Å². The number of halogens is 1. The summed E-state index contributed by atoms with van der Waals surface area (Å²) >= 11 is 7.34. The van der Waals surface area contributed by atoms with E-state index in [1.807, 2.05) is 24.1 Å². The molecule has 0 bridgehead atoms. The van der Waals surface area contributed by atoms with Gasteiger partial charge in [-0.1, -0.05) is 11.6 Å². The molecule has 0 aliphatic heterocycles. The lowest BCUT2D eigenvalue weighted by atomic mass is 10.4. The maximum Gasteiger partial charge on any atom is 0.105 e. The number of nitrogens with one attached hydrogen (secondary N) is 1. The van der Waals surface area contributed by atoms with Crippen LogP contribution < -0.4 is 5.73 Å². The lowest BCUT2D eigenvalue weighted by molar-refractivity contribution is 0.376. The van der Waals surface area contributed by atoms with Gasteiger partial charge in [0.05, 0.1) is 10.9 Å². The summed E-state index contributed by atoms with van der Waals surface area (Å²) in [7, 11) is 1.93. The molecule has 13 heavy (non-hydrogen) atoms. The second-order valence-electron chi connectivity index (χ2n) is 2.90. The standard InChI is InChI=1S/C8H12ClN3S/c1-12(5-8(10)11)4-6-2-3-7(9)13-6/h2-3H,4-5H2,1H3,(H3,10,11). The van der Waals surface area contributed by atoms with Crippen molar-refractivity contribution >= 4 is 28.8 Å². The minimum absolute atomic E-state index is 0.185. The van der Waals surface area contributed by atoms with Gasteiger partial charge in [0.15, 0.2) is 0 Å². The van der Waals surface area contributed by atoms with Gasteiger partial charge in [-0.2, -0.15) is 0 Å². The molecule has 3 nitrogen and oxygen atoms in total. The summed E-state index contributed by atoms with van der Waals surface area (Å²) < 4.78 is 0.797. The first-order valence-electron chi connectivity index (χ1n) is 3.83. The maximum atomic E-state index is 7.11. The van der Waals surface area contributed by atoms with E-state index in [4.69, 9.17) is 22.7 Å². The quantitative estimate of drug-likeness (QED) is 0.597. The van der Waals surface area contributed by atoms with Crippen molar-refractivity contribution in [2.45, 2.75) is 6.54 Å². The number of thiophene rings is 1. The molecule has 1 aromatic heterocycles. The van der Waals surface area contributed by atoms with Crippen LogP contribution in [0.5, 0.6) is 0 Å². The highest BCUT2D eigenvalue weighted by Gasteiger charge is 2.03. The summed E-state index contributed by atoms with van der Waals surface area (Å²) in [5, 5.41) is 7.11. The zero-order chi connectivity index (χ0) is 9.84. The van der Waals surface area contributed by atoms with Crippen molar-refractivity contribution in [2.75, 3.05) is 13.6 Å². The molecule has 0 fully saturated rings. The third-order valence-electron chi connectivity index (χ3n) is 1.49. The second-order valence-corrected chi connectivity index (χ2v) is 4.70. The molecule has 0 amide bonds. The molecular formula is C8H12ClN3S. The summed E-state index contributed by atoms with van der Waals surface area (Å²) in [6.45, 7) is 1.28.